The van der Waals surface area contributed by atoms with Gasteiger partial charge in [-0.15, -0.1) is 0 Å². The molecule has 8 atom stereocenters. The standard InChI is InChI=1S/C20H35F2N3O2/c1-20(2)5-4-16(20)25-19-18(27-19)15-9-14(26-3)10-17(24-15)23-13-7-11(21)6-12(22)8-13/h11-19,23-25H,4-10H2,1-3H3. The van der Waals surface area contributed by atoms with Crippen molar-refractivity contribution in [3.05, 3.63) is 0 Å². The number of hydrogen-bond acceptors (Lipinski definition) is 5. The molecule has 156 valence electrons. The van der Waals surface area contributed by atoms with Gasteiger partial charge in [-0.25, -0.2) is 8.78 Å². The van der Waals surface area contributed by atoms with Gasteiger partial charge in [-0.05, 0) is 37.5 Å². The van der Waals surface area contributed by atoms with Crippen molar-refractivity contribution >= 4 is 0 Å². The molecule has 4 fully saturated rings. The minimum atomic E-state index is -1.05. The van der Waals surface area contributed by atoms with Crippen LogP contribution in [-0.4, -0.2) is 62.2 Å². The monoisotopic (exact) mass is 387 g/mol. The van der Waals surface area contributed by atoms with E-state index in [4.69, 9.17) is 9.47 Å². The Kier molecular flexibility index (Phi) is 5.78. The minimum absolute atomic E-state index is 0.00111. The smallest absolute Gasteiger partial charge is 0.137 e. The van der Waals surface area contributed by atoms with Gasteiger partial charge in [0, 0.05) is 38.1 Å². The average molecular weight is 388 g/mol. The number of halogens is 2. The Hall–Kier alpha value is -0.340. The van der Waals surface area contributed by atoms with Gasteiger partial charge >= 0.3 is 0 Å². The Bertz CT molecular complexity index is 513. The third-order valence-electron chi connectivity index (χ3n) is 7.10. The van der Waals surface area contributed by atoms with Gasteiger partial charge in [0.1, 0.15) is 24.7 Å². The zero-order chi connectivity index (χ0) is 19.2. The van der Waals surface area contributed by atoms with Crippen molar-refractivity contribution in [2.24, 2.45) is 5.41 Å². The Balaban J connectivity index is 1.30. The number of piperidine rings is 1. The molecule has 2 heterocycles. The number of hydrogen-bond donors (Lipinski definition) is 3. The van der Waals surface area contributed by atoms with E-state index in [1.165, 1.54) is 12.8 Å². The lowest BCUT2D eigenvalue weighted by Crippen LogP contribution is -2.60. The fraction of sp³-hybridized carbons (Fsp3) is 1.00. The van der Waals surface area contributed by atoms with Crippen LogP contribution in [0.4, 0.5) is 8.78 Å². The highest BCUT2D eigenvalue weighted by Gasteiger charge is 2.51. The number of methoxy groups -OCH3 is 1. The average Bonchev–Trinajstić information content (AvgIpc) is 3.37. The molecule has 0 aromatic rings. The summed E-state index contributed by atoms with van der Waals surface area (Å²) in [6.45, 7) is 4.59. The van der Waals surface area contributed by atoms with Gasteiger partial charge in [-0.2, -0.15) is 0 Å². The van der Waals surface area contributed by atoms with Gasteiger partial charge in [0.15, 0.2) is 0 Å². The second-order valence-corrected chi connectivity index (χ2v) is 9.69. The van der Waals surface area contributed by atoms with E-state index in [9.17, 15) is 8.78 Å². The molecule has 2 saturated carbocycles. The highest BCUT2D eigenvalue weighted by Crippen LogP contribution is 2.42. The van der Waals surface area contributed by atoms with Crippen LogP contribution >= 0.6 is 0 Å². The van der Waals surface area contributed by atoms with Gasteiger partial charge in [0.25, 0.3) is 0 Å². The molecule has 3 N–H and O–H groups in total. The Morgan fingerprint density at radius 1 is 1.04 bits per heavy atom. The van der Waals surface area contributed by atoms with Crippen LogP contribution in [0.15, 0.2) is 0 Å². The number of nitrogens with one attached hydrogen (secondary N) is 3. The van der Waals surface area contributed by atoms with Gasteiger partial charge < -0.3 is 9.47 Å². The first-order valence-corrected chi connectivity index (χ1v) is 10.6. The first-order chi connectivity index (χ1) is 12.8. The van der Waals surface area contributed by atoms with Crippen molar-refractivity contribution in [2.45, 2.75) is 114 Å². The molecule has 2 aliphatic carbocycles. The molecule has 0 amide bonds. The predicted molar refractivity (Wildman–Crippen MR) is 99.9 cm³/mol. The topological polar surface area (TPSA) is 57.9 Å². The summed E-state index contributed by atoms with van der Waals surface area (Å²) in [4.78, 5) is 0. The summed E-state index contributed by atoms with van der Waals surface area (Å²) in [5.41, 5.74) is 0.350. The van der Waals surface area contributed by atoms with Crippen LogP contribution < -0.4 is 16.0 Å². The Morgan fingerprint density at radius 3 is 2.37 bits per heavy atom. The Morgan fingerprint density at radius 2 is 1.78 bits per heavy atom. The number of alkyl halides is 2. The minimum Gasteiger partial charge on any atom is -0.381 e. The highest BCUT2D eigenvalue weighted by atomic mass is 19.1. The Labute approximate surface area is 161 Å². The molecule has 8 unspecified atom stereocenters. The molecule has 4 rings (SSSR count). The van der Waals surface area contributed by atoms with E-state index in [1.54, 1.807) is 7.11 Å². The summed E-state index contributed by atoms with van der Waals surface area (Å²) < 4.78 is 39.0. The summed E-state index contributed by atoms with van der Waals surface area (Å²) in [5, 5.41) is 10.7. The summed E-state index contributed by atoms with van der Waals surface area (Å²) in [6.07, 6.45) is 3.26. The maximum absolute atomic E-state index is 13.7. The zero-order valence-electron chi connectivity index (χ0n) is 16.7. The second kappa shape index (κ2) is 7.82. The third kappa shape index (κ3) is 4.64. The maximum Gasteiger partial charge on any atom is 0.137 e. The van der Waals surface area contributed by atoms with Crippen molar-refractivity contribution in [3.8, 4) is 0 Å². The number of rotatable bonds is 6. The fourth-order valence-corrected chi connectivity index (χ4v) is 5.12. The molecule has 0 spiro atoms. The SMILES string of the molecule is COC1CC(NC2CC(F)CC(F)C2)NC(C2OC2NC2CCC2(C)C)C1. The molecule has 5 nitrogen and oxygen atoms in total. The molecule has 0 radical (unpaired) electrons. The molecule has 7 heteroatoms. The third-order valence-corrected chi connectivity index (χ3v) is 7.10. The van der Waals surface area contributed by atoms with E-state index in [0.29, 0.717) is 24.3 Å². The molecule has 0 bridgehead atoms. The van der Waals surface area contributed by atoms with Crippen LogP contribution in [-0.2, 0) is 9.47 Å². The van der Waals surface area contributed by atoms with Gasteiger partial charge in [-0.3, -0.25) is 16.0 Å². The molecule has 0 aromatic heterocycles. The fourth-order valence-electron chi connectivity index (χ4n) is 5.12. The lowest BCUT2D eigenvalue weighted by atomic mass is 9.67. The van der Waals surface area contributed by atoms with Crippen LogP contribution in [0.3, 0.4) is 0 Å². The van der Waals surface area contributed by atoms with Gasteiger partial charge in [0.05, 0.1) is 12.3 Å². The highest BCUT2D eigenvalue weighted by molar-refractivity contribution is 5.03. The first kappa shape index (κ1) is 20.0. The molecule has 27 heavy (non-hydrogen) atoms. The van der Waals surface area contributed by atoms with E-state index >= 15 is 0 Å². The molecule has 2 aliphatic heterocycles. The van der Waals surface area contributed by atoms with Crippen LogP contribution in [0.5, 0.6) is 0 Å². The molecule has 0 aromatic carbocycles. The van der Waals surface area contributed by atoms with Crippen molar-refractivity contribution in [1.82, 2.24) is 16.0 Å². The predicted octanol–water partition coefficient (Wildman–Crippen LogP) is 2.40. The van der Waals surface area contributed by atoms with Gasteiger partial charge in [-0.1, -0.05) is 13.8 Å². The quantitative estimate of drug-likeness (QED) is 0.611. The van der Waals surface area contributed by atoms with Crippen LogP contribution in [0.25, 0.3) is 0 Å². The lowest BCUT2D eigenvalue weighted by Gasteiger charge is -2.45. The van der Waals surface area contributed by atoms with E-state index in [2.05, 4.69) is 29.8 Å². The summed E-state index contributed by atoms with van der Waals surface area (Å²) in [7, 11) is 1.74. The van der Waals surface area contributed by atoms with Crippen molar-refractivity contribution in [3.63, 3.8) is 0 Å². The lowest BCUT2D eigenvalue weighted by molar-refractivity contribution is 0.0276. The van der Waals surface area contributed by atoms with Crippen LogP contribution in [0.2, 0.25) is 0 Å². The molecule has 2 saturated heterocycles. The van der Waals surface area contributed by atoms with E-state index in [-0.39, 0.29) is 43.1 Å². The molecular weight excluding hydrogens is 352 g/mol. The number of ether oxygens (including phenoxy) is 2. The van der Waals surface area contributed by atoms with Crippen LogP contribution in [0.1, 0.15) is 58.8 Å². The second-order valence-electron chi connectivity index (χ2n) is 9.69. The maximum atomic E-state index is 13.7. The van der Waals surface area contributed by atoms with E-state index in [1.807, 2.05) is 0 Å². The normalized spacial score (nSPS) is 49.4. The van der Waals surface area contributed by atoms with Gasteiger partial charge in [0.2, 0.25) is 0 Å². The molecular formula is C20H35F2N3O2. The molecule has 4 aliphatic rings. The van der Waals surface area contributed by atoms with Crippen LogP contribution in [0, 0.1) is 5.41 Å². The number of epoxide rings is 1. The largest absolute Gasteiger partial charge is 0.381 e. The van der Waals surface area contributed by atoms with Crippen molar-refractivity contribution < 1.29 is 18.3 Å². The van der Waals surface area contributed by atoms with E-state index in [0.717, 1.165) is 12.8 Å². The van der Waals surface area contributed by atoms with E-state index < -0.39 is 12.3 Å². The van der Waals surface area contributed by atoms with Crippen molar-refractivity contribution in [2.75, 3.05) is 7.11 Å². The first-order valence-electron chi connectivity index (χ1n) is 10.6. The van der Waals surface area contributed by atoms with Crippen molar-refractivity contribution in [1.29, 1.82) is 0 Å². The summed E-state index contributed by atoms with van der Waals surface area (Å²) in [5.74, 6) is 0. The zero-order valence-corrected chi connectivity index (χ0v) is 16.7. The summed E-state index contributed by atoms with van der Waals surface area (Å²) >= 11 is 0. The summed E-state index contributed by atoms with van der Waals surface area (Å²) in [6, 6.07) is 0.587.